The van der Waals surface area contributed by atoms with Gasteiger partial charge in [0.1, 0.15) is 0 Å². The zero-order valence-corrected chi connectivity index (χ0v) is 14.0. The lowest BCUT2D eigenvalue weighted by molar-refractivity contribution is 0.100. The molecule has 0 aliphatic heterocycles. The second kappa shape index (κ2) is 9.09. The van der Waals surface area contributed by atoms with E-state index in [4.69, 9.17) is 5.73 Å². The van der Waals surface area contributed by atoms with Gasteiger partial charge >= 0.3 is 5.69 Å². The van der Waals surface area contributed by atoms with Crippen LogP contribution in [0, 0.1) is 5.92 Å². The summed E-state index contributed by atoms with van der Waals surface area (Å²) in [6.45, 7) is 0.592. The molecule has 1 saturated carbocycles. The van der Waals surface area contributed by atoms with Gasteiger partial charge in [0.2, 0.25) is 5.91 Å². The first-order chi connectivity index (χ1) is 11.1. The van der Waals surface area contributed by atoms with Crippen LogP contribution in [0.25, 0.3) is 5.69 Å². The molecule has 0 radical (unpaired) electrons. The fourth-order valence-electron chi connectivity index (χ4n) is 3.17. The van der Waals surface area contributed by atoms with Crippen molar-refractivity contribution in [2.45, 2.75) is 45.1 Å². The Morgan fingerprint density at radius 2 is 1.76 bits per heavy atom. The van der Waals surface area contributed by atoms with Crippen LogP contribution in [0.15, 0.2) is 29.1 Å². The standard InChI is InChI=1S/C16H21N5O2.2H2O/c17-15(22)13-7-9-14(10-8-13)21-16(23)20(18-19-21)11-3-6-12-4-1-2-5-12;;/h7-10,12H,1-6,11H2,(H2,17,22);2*1H2. The highest BCUT2D eigenvalue weighted by atomic mass is 16.2. The minimum absolute atomic E-state index is 0. The van der Waals surface area contributed by atoms with Gasteiger partial charge in [-0.3, -0.25) is 4.79 Å². The van der Waals surface area contributed by atoms with E-state index in [1.807, 2.05) is 0 Å². The summed E-state index contributed by atoms with van der Waals surface area (Å²) in [5.74, 6) is 0.307. The fraction of sp³-hybridized carbons (Fsp3) is 0.500. The molecule has 9 heteroatoms. The molecule has 1 heterocycles. The number of hydrogen-bond acceptors (Lipinski definition) is 4. The first kappa shape index (κ1) is 20.5. The van der Waals surface area contributed by atoms with Crippen LogP contribution >= 0.6 is 0 Å². The van der Waals surface area contributed by atoms with Crippen molar-refractivity contribution in [1.82, 2.24) is 19.8 Å². The van der Waals surface area contributed by atoms with Crippen molar-refractivity contribution in [2.75, 3.05) is 0 Å². The molecule has 2 aromatic rings. The summed E-state index contributed by atoms with van der Waals surface area (Å²) in [7, 11) is 0. The van der Waals surface area contributed by atoms with E-state index in [-0.39, 0.29) is 16.6 Å². The quantitative estimate of drug-likeness (QED) is 0.766. The van der Waals surface area contributed by atoms with Crippen LogP contribution in [0.5, 0.6) is 0 Å². The number of carbonyl (C=O) groups excluding carboxylic acids is 1. The summed E-state index contributed by atoms with van der Waals surface area (Å²) in [4.78, 5) is 23.4. The van der Waals surface area contributed by atoms with Gasteiger partial charge in [0.05, 0.1) is 5.69 Å². The average Bonchev–Trinajstić information content (AvgIpc) is 3.18. The zero-order valence-electron chi connectivity index (χ0n) is 14.0. The number of nitrogens with zero attached hydrogens (tertiary/aromatic N) is 4. The molecule has 0 unspecified atom stereocenters. The third kappa shape index (κ3) is 4.74. The normalized spacial score (nSPS) is 13.9. The van der Waals surface area contributed by atoms with Crippen LogP contribution in [0.3, 0.4) is 0 Å². The molecule has 1 aromatic heterocycles. The Kier molecular flexibility index (Phi) is 7.46. The van der Waals surface area contributed by atoms with E-state index in [2.05, 4.69) is 10.4 Å². The molecule has 0 atom stereocenters. The van der Waals surface area contributed by atoms with Crippen molar-refractivity contribution in [3.05, 3.63) is 40.3 Å². The summed E-state index contributed by atoms with van der Waals surface area (Å²) in [5.41, 5.74) is 5.91. The van der Waals surface area contributed by atoms with Gasteiger partial charge in [0.15, 0.2) is 0 Å². The van der Waals surface area contributed by atoms with Crippen LogP contribution < -0.4 is 11.4 Å². The maximum Gasteiger partial charge on any atom is 0.368 e. The molecule has 0 bridgehead atoms. The molecule has 0 spiro atoms. The predicted molar refractivity (Wildman–Crippen MR) is 92.6 cm³/mol. The number of hydrogen-bond donors (Lipinski definition) is 1. The Bertz CT molecular complexity index is 732. The molecular weight excluding hydrogens is 326 g/mol. The summed E-state index contributed by atoms with van der Waals surface area (Å²) < 4.78 is 2.64. The van der Waals surface area contributed by atoms with Crippen LogP contribution in [0.2, 0.25) is 0 Å². The predicted octanol–water partition coefficient (Wildman–Crippen LogP) is -0.151. The number of aryl methyl sites for hydroxylation is 1. The maximum absolute atomic E-state index is 12.3. The smallest absolute Gasteiger partial charge is 0.368 e. The minimum Gasteiger partial charge on any atom is -0.412 e. The number of rotatable bonds is 6. The average molecular weight is 351 g/mol. The summed E-state index contributed by atoms with van der Waals surface area (Å²) >= 11 is 0. The first-order valence-corrected chi connectivity index (χ1v) is 8.08. The van der Waals surface area contributed by atoms with Crippen molar-refractivity contribution in [2.24, 2.45) is 11.7 Å². The van der Waals surface area contributed by atoms with Gasteiger partial charge < -0.3 is 16.7 Å². The molecule has 3 rings (SSSR count). The highest BCUT2D eigenvalue weighted by molar-refractivity contribution is 5.92. The van der Waals surface area contributed by atoms with Crippen LogP contribution in [-0.4, -0.2) is 36.6 Å². The Labute approximate surface area is 145 Å². The van der Waals surface area contributed by atoms with Crippen LogP contribution in [0.4, 0.5) is 0 Å². The molecule has 25 heavy (non-hydrogen) atoms. The third-order valence-corrected chi connectivity index (χ3v) is 4.49. The van der Waals surface area contributed by atoms with Gasteiger partial charge in [0, 0.05) is 12.1 Å². The van der Waals surface area contributed by atoms with E-state index in [1.165, 1.54) is 35.0 Å². The molecule has 1 aromatic carbocycles. The summed E-state index contributed by atoms with van der Waals surface area (Å²) in [6, 6.07) is 6.42. The molecular formula is C16H25N5O4. The fourth-order valence-corrected chi connectivity index (χ4v) is 3.17. The van der Waals surface area contributed by atoms with E-state index < -0.39 is 5.91 Å². The largest absolute Gasteiger partial charge is 0.412 e. The van der Waals surface area contributed by atoms with Crippen molar-refractivity contribution >= 4 is 5.91 Å². The topological polar surface area (TPSA) is 159 Å². The highest BCUT2D eigenvalue weighted by Crippen LogP contribution is 2.28. The molecule has 1 aliphatic rings. The molecule has 0 saturated heterocycles. The van der Waals surface area contributed by atoms with Crippen molar-refractivity contribution in [1.29, 1.82) is 0 Å². The van der Waals surface area contributed by atoms with Gasteiger partial charge in [0.25, 0.3) is 0 Å². The molecule has 1 fully saturated rings. The van der Waals surface area contributed by atoms with Gasteiger partial charge in [-0.1, -0.05) is 25.7 Å². The summed E-state index contributed by atoms with van der Waals surface area (Å²) in [6.07, 6.45) is 7.39. The number of benzene rings is 1. The van der Waals surface area contributed by atoms with Gasteiger partial charge in [-0.25, -0.2) is 4.79 Å². The lowest BCUT2D eigenvalue weighted by Gasteiger charge is -2.07. The lowest BCUT2D eigenvalue weighted by Crippen LogP contribution is -2.24. The Morgan fingerprint density at radius 1 is 1.12 bits per heavy atom. The Morgan fingerprint density at radius 3 is 2.36 bits per heavy atom. The molecule has 9 nitrogen and oxygen atoms in total. The highest BCUT2D eigenvalue weighted by Gasteiger charge is 2.15. The van der Waals surface area contributed by atoms with Gasteiger partial charge in [-0.2, -0.15) is 9.36 Å². The monoisotopic (exact) mass is 351 g/mol. The number of nitrogens with two attached hydrogens (primary N) is 1. The van der Waals surface area contributed by atoms with Gasteiger partial charge in [-0.15, -0.1) is 0 Å². The molecule has 6 N–H and O–H groups in total. The van der Waals surface area contributed by atoms with E-state index in [9.17, 15) is 9.59 Å². The molecule has 1 amide bonds. The number of amides is 1. The maximum atomic E-state index is 12.3. The van der Waals surface area contributed by atoms with Crippen molar-refractivity contribution in [3.63, 3.8) is 0 Å². The van der Waals surface area contributed by atoms with Crippen LogP contribution in [-0.2, 0) is 6.54 Å². The number of aromatic nitrogens is 4. The third-order valence-electron chi connectivity index (χ3n) is 4.49. The van der Waals surface area contributed by atoms with Crippen LogP contribution in [0.1, 0.15) is 48.9 Å². The summed E-state index contributed by atoms with van der Waals surface area (Å²) in [5, 5.41) is 7.85. The van der Waals surface area contributed by atoms with Crippen molar-refractivity contribution < 1.29 is 15.7 Å². The molecule has 1 aliphatic carbocycles. The minimum atomic E-state index is -0.500. The van der Waals surface area contributed by atoms with E-state index in [0.717, 1.165) is 18.8 Å². The number of carbonyl (C=O) groups is 1. The van der Waals surface area contributed by atoms with Crippen molar-refractivity contribution in [3.8, 4) is 5.69 Å². The Balaban J connectivity index is 0.00000156. The number of primary amides is 1. The molecule has 138 valence electrons. The second-order valence-electron chi connectivity index (χ2n) is 6.10. The Hall–Kier alpha value is -2.52. The SMILES string of the molecule is NC(=O)c1ccc(-n2nnn(CCCC3CCCC3)c2=O)cc1.O.O. The first-order valence-electron chi connectivity index (χ1n) is 8.08. The van der Waals surface area contributed by atoms with E-state index >= 15 is 0 Å². The van der Waals surface area contributed by atoms with Gasteiger partial charge in [-0.05, 0) is 53.5 Å². The lowest BCUT2D eigenvalue weighted by atomic mass is 10.0. The van der Waals surface area contributed by atoms with E-state index in [0.29, 0.717) is 17.8 Å². The number of tetrazole rings is 1. The zero-order chi connectivity index (χ0) is 16.2. The second-order valence-corrected chi connectivity index (χ2v) is 6.10. The van der Waals surface area contributed by atoms with E-state index in [1.54, 1.807) is 24.3 Å².